The Balaban J connectivity index is 2.52. The van der Waals surface area contributed by atoms with Gasteiger partial charge in [0.1, 0.15) is 5.76 Å². The Morgan fingerprint density at radius 2 is 2.06 bits per heavy atom. The van der Waals surface area contributed by atoms with E-state index in [4.69, 9.17) is 21.9 Å². The second kappa shape index (κ2) is 4.33. The van der Waals surface area contributed by atoms with Crippen molar-refractivity contribution in [2.75, 3.05) is 0 Å². The predicted molar refractivity (Wildman–Crippen MR) is 70.7 cm³/mol. The van der Waals surface area contributed by atoms with Gasteiger partial charge in [0.2, 0.25) is 0 Å². The van der Waals surface area contributed by atoms with Crippen molar-refractivity contribution in [1.29, 1.82) is 0 Å². The van der Waals surface area contributed by atoms with Crippen molar-refractivity contribution in [3.63, 3.8) is 0 Å². The molecule has 1 aromatic carbocycles. The summed E-state index contributed by atoms with van der Waals surface area (Å²) in [5, 5.41) is 1.62. The number of benzene rings is 1. The molecule has 0 bridgehead atoms. The zero-order chi connectivity index (χ0) is 12.6. The van der Waals surface area contributed by atoms with E-state index in [1.54, 1.807) is 0 Å². The summed E-state index contributed by atoms with van der Waals surface area (Å²) in [5.41, 5.74) is 3.49. The molecule has 0 amide bonds. The molecule has 1 aromatic heterocycles. The maximum Gasteiger partial charge on any atom is 0.152 e. The Kier molecular flexibility index (Phi) is 3.17. The van der Waals surface area contributed by atoms with Gasteiger partial charge in [-0.2, -0.15) is 0 Å². The summed E-state index contributed by atoms with van der Waals surface area (Å²) in [6.45, 7) is 6.31. The first-order valence-electron chi connectivity index (χ1n) is 5.57. The van der Waals surface area contributed by atoms with Crippen molar-refractivity contribution >= 4 is 22.6 Å². The van der Waals surface area contributed by atoms with Crippen molar-refractivity contribution < 1.29 is 4.42 Å². The number of hydrazine groups is 1. The number of hydrogen-bond donors (Lipinski definition) is 2. The van der Waals surface area contributed by atoms with Gasteiger partial charge in [0.15, 0.2) is 5.58 Å². The molecular formula is C13H17ClN2O. The Morgan fingerprint density at radius 1 is 1.35 bits per heavy atom. The number of halogens is 1. The predicted octanol–water partition coefficient (Wildman–Crippen LogP) is 3.64. The average Bonchev–Trinajstić information content (AvgIpc) is 2.61. The third-order valence-corrected chi connectivity index (χ3v) is 3.13. The molecule has 0 aliphatic heterocycles. The van der Waals surface area contributed by atoms with E-state index in [-0.39, 0.29) is 11.5 Å². The van der Waals surface area contributed by atoms with Crippen LogP contribution >= 0.6 is 11.6 Å². The van der Waals surface area contributed by atoms with E-state index in [0.717, 1.165) is 11.1 Å². The van der Waals surface area contributed by atoms with Crippen molar-refractivity contribution in [2.24, 2.45) is 11.3 Å². The molecule has 1 heterocycles. The van der Waals surface area contributed by atoms with Gasteiger partial charge in [0.25, 0.3) is 0 Å². The zero-order valence-corrected chi connectivity index (χ0v) is 11.0. The fourth-order valence-corrected chi connectivity index (χ4v) is 2.17. The van der Waals surface area contributed by atoms with Crippen molar-refractivity contribution in [3.8, 4) is 0 Å². The lowest BCUT2D eigenvalue weighted by Gasteiger charge is -2.27. The van der Waals surface area contributed by atoms with Crippen molar-refractivity contribution in [1.82, 2.24) is 5.43 Å². The lowest BCUT2D eigenvalue weighted by Crippen LogP contribution is -2.36. The fourth-order valence-electron chi connectivity index (χ4n) is 1.95. The molecule has 0 saturated carbocycles. The van der Waals surface area contributed by atoms with Gasteiger partial charge in [-0.3, -0.25) is 5.84 Å². The van der Waals surface area contributed by atoms with Crippen LogP contribution in [0.3, 0.4) is 0 Å². The van der Waals surface area contributed by atoms with Crippen molar-refractivity contribution in [3.05, 3.63) is 35.0 Å². The molecule has 2 rings (SSSR count). The number of para-hydroxylation sites is 1. The Labute approximate surface area is 106 Å². The molecule has 0 saturated heterocycles. The molecule has 3 N–H and O–H groups in total. The molecule has 2 aromatic rings. The summed E-state index contributed by atoms with van der Waals surface area (Å²) in [5.74, 6) is 6.42. The summed E-state index contributed by atoms with van der Waals surface area (Å²) in [6, 6.07) is 7.64. The minimum absolute atomic E-state index is 0.0326. The summed E-state index contributed by atoms with van der Waals surface area (Å²) in [6.07, 6.45) is 0. The zero-order valence-electron chi connectivity index (χ0n) is 10.3. The molecule has 1 unspecified atom stereocenters. The Morgan fingerprint density at radius 3 is 2.59 bits per heavy atom. The molecule has 0 aliphatic carbocycles. The first kappa shape index (κ1) is 12.4. The van der Waals surface area contributed by atoms with E-state index in [9.17, 15) is 0 Å². The number of hydrogen-bond acceptors (Lipinski definition) is 3. The minimum atomic E-state index is -0.0500. The molecule has 0 spiro atoms. The normalized spacial score (nSPS) is 14.2. The van der Waals surface area contributed by atoms with Crippen LogP contribution in [-0.2, 0) is 0 Å². The summed E-state index contributed by atoms with van der Waals surface area (Å²) < 4.78 is 5.80. The van der Waals surface area contributed by atoms with E-state index in [0.29, 0.717) is 10.6 Å². The first-order valence-corrected chi connectivity index (χ1v) is 5.95. The first-order chi connectivity index (χ1) is 7.93. The summed E-state index contributed by atoms with van der Waals surface area (Å²) in [7, 11) is 0. The topological polar surface area (TPSA) is 51.2 Å². The fraction of sp³-hybridized carbons (Fsp3) is 0.385. The van der Waals surface area contributed by atoms with Crippen LogP contribution < -0.4 is 11.3 Å². The number of nitrogens with two attached hydrogens (primary N) is 1. The van der Waals surface area contributed by atoms with Crippen LogP contribution in [0.1, 0.15) is 32.6 Å². The van der Waals surface area contributed by atoms with Crippen LogP contribution in [0.2, 0.25) is 5.02 Å². The number of rotatable bonds is 2. The maximum atomic E-state index is 6.09. The molecule has 0 fully saturated rings. The van der Waals surface area contributed by atoms with Gasteiger partial charge in [-0.15, -0.1) is 0 Å². The van der Waals surface area contributed by atoms with Crippen LogP contribution in [0.5, 0.6) is 0 Å². The average molecular weight is 253 g/mol. The second-order valence-corrected chi connectivity index (χ2v) is 5.68. The van der Waals surface area contributed by atoms with E-state index < -0.39 is 0 Å². The maximum absolute atomic E-state index is 6.09. The van der Waals surface area contributed by atoms with Crippen LogP contribution in [0.4, 0.5) is 0 Å². The summed E-state index contributed by atoms with van der Waals surface area (Å²) >= 11 is 6.09. The van der Waals surface area contributed by atoms with Crippen LogP contribution in [0.15, 0.2) is 28.7 Å². The van der Waals surface area contributed by atoms with Crippen LogP contribution in [0.25, 0.3) is 11.0 Å². The number of fused-ring (bicyclic) bond motifs is 1. The van der Waals surface area contributed by atoms with Gasteiger partial charge < -0.3 is 4.42 Å². The molecule has 92 valence electrons. The van der Waals surface area contributed by atoms with E-state index in [1.165, 1.54) is 0 Å². The highest BCUT2D eigenvalue weighted by Crippen LogP contribution is 2.36. The third kappa shape index (κ3) is 2.32. The minimum Gasteiger partial charge on any atom is -0.458 e. The lowest BCUT2D eigenvalue weighted by atomic mass is 9.85. The smallest absolute Gasteiger partial charge is 0.152 e. The molecule has 17 heavy (non-hydrogen) atoms. The van der Waals surface area contributed by atoms with Gasteiger partial charge in [0, 0.05) is 5.39 Å². The van der Waals surface area contributed by atoms with Crippen LogP contribution in [0, 0.1) is 5.41 Å². The van der Waals surface area contributed by atoms with Gasteiger partial charge in [-0.05, 0) is 17.5 Å². The van der Waals surface area contributed by atoms with Gasteiger partial charge in [-0.25, -0.2) is 5.43 Å². The molecule has 0 aliphatic rings. The van der Waals surface area contributed by atoms with Crippen LogP contribution in [-0.4, -0.2) is 0 Å². The second-order valence-electron chi connectivity index (χ2n) is 5.27. The molecule has 0 radical (unpaired) electrons. The standard InChI is InChI=1S/C13H17ClN2O/c1-13(2,3)12(16-15)10-7-8-5-4-6-9(14)11(8)17-10/h4-7,12,16H,15H2,1-3H3. The number of furan rings is 1. The largest absolute Gasteiger partial charge is 0.458 e. The molecule has 3 nitrogen and oxygen atoms in total. The SMILES string of the molecule is CC(C)(C)C(NN)c1cc2cccc(Cl)c2o1. The highest BCUT2D eigenvalue weighted by Gasteiger charge is 2.28. The molecule has 4 heteroatoms. The molecular weight excluding hydrogens is 236 g/mol. The van der Waals surface area contributed by atoms with E-state index in [1.807, 2.05) is 24.3 Å². The highest BCUT2D eigenvalue weighted by atomic mass is 35.5. The highest BCUT2D eigenvalue weighted by molar-refractivity contribution is 6.34. The number of nitrogens with one attached hydrogen (secondary N) is 1. The van der Waals surface area contributed by atoms with E-state index in [2.05, 4.69) is 26.2 Å². The third-order valence-electron chi connectivity index (χ3n) is 2.83. The molecule has 1 atom stereocenters. The van der Waals surface area contributed by atoms with Gasteiger partial charge in [-0.1, -0.05) is 44.5 Å². The summed E-state index contributed by atoms with van der Waals surface area (Å²) in [4.78, 5) is 0. The quantitative estimate of drug-likeness (QED) is 0.634. The van der Waals surface area contributed by atoms with E-state index >= 15 is 0 Å². The monoisotopic (exact) mass is 252 g/mol. The lowest BCUT2D eigenvalue weighted by molar-refractivity contribution is 0.243. The van der Waals surface area contributed by atoms with Crippen molar-refractivity contribution in [2.45, 2.75) is 26.8 Å². The van der Waals surface area contributed by atoms with Gasteiger partial charge >= 0.3 is 0 Å². The Bertz CT molecular complexity index is 528. The Hall–Kier alpha value is -1.03. The van der Waals surface area contributed by atoms with Gasteiger partial charge in [0.05, 0.1) is 11.1 Å².